The van der Waals surface area contributed by atoms with Crippen molar-refractivity contribution < 1.29 is 24.5 Å². The number of imidazole rings is 1. The van der Waals surface area contributed by atoms with Crippen LogP contribution in [0.3, 0.4) is 0 Å². The van der Waals surface area contributed by atoms with E-state index >= 15 is 0 Å². The van der Waals surface area contributed by atoms with Gasteiger partial charge in [0.1, 0.15) is 23.7 Å². The average Bonchev–Trinajstić information content (AvgIpc) is 3.36. The predicted octanol–water partition coefficient (Wildman–Crippen LogP) is 3.02. The standard InChI is InChI=1S/C26H27N3O5/c1-19(31)25-27-12-13-29(25)23(18-30)9-4-20-2-5-21(6-3-20)22-7-10-24(11-8-22)34-26(32)28-14-16-33-17-15-28/h2-3,5-8,10-13,19,23,30-31H,14-18H2,1H3/t19-,23-/m0/s1. The van der Waals surface area contributed by atoms with Crippen LogP contribution in [0.15, 0.2) is 60.9 Å². The van der Waals surface area contributed by atoms with Gasteiger partial charge in [-0.3, -0.25) is 0 Å². The van der Waals surface area contributed by atoms with Crippen LogP contribution in [0.25, 0.3) is 11.1 Å². The van der Waals surface area contributed by atoms with Crippen LogP contribution in [0, 0.1) is 11.8 Å². The molecule has 4 rings (SSSR count). The summed E-state index contributed by atoms with van der Waals surface area (Å²) in [6.07, 6.45) is 2.16. The number of carbonyl (C=O) groups is 1. The third-order valence-corrected chi connectivity index (χ3v) is 5.51. The number of hydrogen-bond donors (Lipinski definition) is 2. The predicted molar refractivity (Wildman–Crippen MR) is 126 cm³/mol. The number of benzene rings is 2. The molecule has 2 N–H and O–H groups in total. The first-order valence-corrected chi connectivity index (χ1v) is 11.1. The van der Waals surface area contributed by atoms with Gasteiger partial charge in [0, 0.05) is 31.0 Å². The highest BCUT2D eigenvalue weighted by molar-refractivity contribution is 5.71. The van der Waals surface area contributed by atoms with Gasteiger partial charge in [-0.1, -0.05) is 36.1 Å². The lowest BCUT2D eigenvalue weighted by Crippen LogP contribution is -2.42. The number of carbonyl (C=O) groups excluding carboxylic acids is 1. The van der Waals surface area contributed by atoms with Gasteiger partial charge in [-0.15, -0.1) is 0 Å². The van der Waals surface area contributed by atoms with E-state index in [-0.39, 0.29) is 12.7 Å². The molecule has 1 aliphatic heterocycles. The first-order chi connectivity index (χ1) is 16.5. The molecule has 1 fully saturated rings. The Bertz CT molecular complexity index is 1150. The molecule has 2 heterocycles. The summed E-state index contributed by atoms with van der Waals surface area (Å²) >= 11 is 0. The summed E-state index contributed by atoms with van der Waals surface area (Å²) < 4.78 is 12.4. The molecule has 2 atom stereocenters. The van der Waals surface area contributed by atoms with E-state index in [0.29, 0.717) is 37.9 Å². The molecule has 3 aromatic rings. The second-order valence-electron chi connectivity index (χ2n) is 7.91. The summed E-state index contributed by atoms with van der Waals surface area (Å²) in [5, 5.41) is 19.6. The van der Waals surface area contributed by atoms with Crippen LogP contribution in [0.5, 0.6) is 5.75 Å². The molecule has 8 heteroatoms. The van der Waals surface area contributed by atoms with E-state index in [1.807, 2.05) is 36.4 Å². The van der Waals surface area contributed by atoms with E-state index in [2.05, 4.69) is 16.8 Å². The summed E-state index contributed by atoms with van der Waals surface area (Å²) in [5.74, 6) is 7.08. The van der Waals surface area contributed by atoms with E-state index in [1.165, 1.54) is 0 Å². The maximum atomic E-state index is 12.2. The molecule has 0 aliphatic carbocycles. The van der Waals surface area contributed by atoms with Crippen LogP contribution in [-0.2, 0) is 4.74 Å². The topological polar surface area (TPSA) is 97.0 Å². The van der Waals surface area contributed by atoms with Gasteiger partial charge in [-0.05, 0) is 42.3 Å². The summed E-state index contributed by atoms with van der Waals surface area (Å²) in [7, 11) is 0. The fourth-order valence-electron chi connectivity index (χ4n) is 3.65. The van der Waals surface area contributed by atoms with Gasteiger partial charge in [0.2, 0.25) is 0 Å². The monoisotopic (exact) mass is 461 g/mol. The lowest BCUT2D eigenvalue weighted by molar-refractivity contribution is 0.0416. The average molecular weight is 462 g/mol. The summed E-state index contributed by atoms with van der Waals surface area (Å²) in [5.41, 5.74) is 2.79. The molecule has 0 radical (unpaired) electrons. The first-order valence-electron chi connectivity index (χ1n) is 11.1. The molecule has 34 heavy (non-hydrogen) atoms. The van der Waals surface area contributed by atoms with Crippen LogP contribution < -0.4 is 4.74 Å². The van der Waals surface area contributed by atoms with Crippen molar-refractivity contribution in [3.8, 4) is 28.7 Å². The number of morpholine rings is 1. The Balaban J connectivity index is 1.41. The molecule has 1 saturated heterocycles. The highest BCUT2D eigenvalue weighted by Crippen LogP contribution is 2.23. The van der Waals surface area contributed by atoms with Gasteiger partial charge < -0.3 is 29.2 Å². The van der Waals surface area contributed by atoms with Crippen molar-refractivity contribution >= 4 is 6.09 Å². The highest BCUT2D eigenvalue weighted by atomic mass is 16.6. The number of rotatable bonds is 5. The Kier molecular flexibility index (Phi) is 7.60. The molecular weight excluding hydrogens is 434 g/mol. The Hall–Kier alpha value is -3.64. The van der Waals surface area contributed by atoms with E-state index in [0.717, 1.165) is 16.7 Å². The number of aromatic nitrogens is 2. The maximum absolute atomic E-state index is 12.2. The van der Waals surface area contributed by atoms with Crippen LogP contribution in [0.2, 0.25) is 0 Å². The summed E-state index contributed by atoms with van der Waals surface area (Å²) in [6.45, 7) is 3.57. The van der Waals surface area contributed by atoms with E-state index in [1.54, 1.807) is 40.9 Å². The van der Waals surface area contributed by atoms with Gasteiger partial charge >= 0.3 is 6.09 Å². The molecule has 0 unspecified atom stereocenters. The minimum absolute atomic E-state index is 0.191. The Morgan fingerprint density at radius 3 is 2.38 bits per heavy atom. The number of ether oxygens (including phenoxy) is 2. The molecular formula is C26H27N3O5. The number of hydrogen-bond acceptors (Lipinski definition) is 6. The van der Waals surface area contributed by atoms with Crippen LogP contribution in [0.4, 0.5) is 4.79 Å². The number of aliphatic hydroxyl groups is 2. The molecule has 0 saturated carbocycles. The Morgan fingerprint density at radius 1 is 1.12 bits per heavy atom. The largest absolute Gasteiger partial charge is 0.415 e. The van der Waals surface area contributed by atoms with Crippen molar-refractivity contribution in [2.24, 2.45) is 0 Å². The van der Waals surface area contributed by atoms with Crippen molar-refractivity contribution in [2.45, 2.75) is 19.1 Å². The highest BCUT2D eigenvalue weighted by Gasteiger charge is 2.18. The summed E-state index contributed by atoms with van der Waals surface area (Å²) in [6, 6.07) is 14.6. The zero-order chi connectivity index (χ0) is 23.9. The van der Waals surface area contributed by atoms with Gasteiger partial charge in [0.25, 0.3) is 0 Å². The van der Waals surface area contributed by atoms with Crippen LogP contribution >= 0.6 is 0 Å². The molecule has 8 nitrogen and oxygen atoms in total. The van der Waals surface area contributed by atoms with Gasteiger partial charge in [0.15, 0.2) is 0 Å². The maximum Gasteiger partial charge on any atom is 0.415 e. The number of aliphatic hydroxyl groups excluding tert-OH is 2. The number of nitrogens with zero attached hydrogens (tertiary/aromatic N) is 3. The fraction of sp³-hybridized carbons (Fsp3) is 0.308. The van der Waals surface area contributed by atoms with Crippen molar-refractivity contribution in [3.05, 3.63) is 72.3 Å². The molecule has 1 aliphatic rings. The van der Waals surface area contributed by atoms with Crippen molar-refractivity contribution in [1.29, 1.82) is 0 Å². The SMILES string of the molecule is C[C@H](O)c1nccn1[C@@H](C#Cc1ccc(-c2ccc(OC(=O)N3CCOCC3)cc2)cc1)CO. The molecule has 1 amide bonds. The lowest BCUT2D eigenvalue weighted by atomic mass is 10.0. The first kappa shape index (κ1) is 23.5. The van der Waals surface area contributed by atoms with Crippen molar-refractivity contribution in [2.75, 3.05) is 32.9 Å². The molecule has 1 aromatic heterocycles. The third-order valence-electron chi connectivity index (χ3n) is 5.51. The fourth-order valence-corrected chi connectivity index (χ4v) is 3.65. The van der Waals surface area contributed by atoms with E-state index < -0.39 is 12.1 Å². The second kappa shape index (κ2) is 11.0. The molecule has 176 valence electrons. The smallest absolute Gasteiger partial charge is 0.410 e. The zero-order valence-electron chi connectivity index (χ0n) is 18.9. The molecule has 0 bridgehead atoms. The molecule has 2 aromatic carbocycles. The van der Waals surface area contributed by atoms with Gasteiger partial charge in [-0.2, -0.15) is 0 Å². The number of amides is 1. The lowest BCUT2D eigenvalue weighted by Gasteiger charge is -2.25. The van der Waals surface area contributed by atoms with Gasteiger partial charge in [0.05, 0.1) is 19.8 Å². The van der Waals surface area contributed by atoms with Crippen molar-refractivity contribution in [1.82, 2.24) is 14.5 Å². The summed E-state index contributed by atoms with van der Waals surface area (Å²) in [4.78, 5) is 18.0. The quantitative estimate of drug-likeness (QED) is 0.567. The minimum Gasteiger partial charge on any atom is -0.410 e. The van der Waals surface area contributed by atoms with E-state index in [9.17, 15) is 15.0 Å². The molecule has 0 spiro atoms. The second-order valence-corrected chi connectivity index (χ2v) is 7.91. The zero-order valence-corrected chi connectivity index (χ0v) is 18.9. The van der Waals surface area contributed by atoms with E-state index in [4.69, 9.17) is 9.47 Å². The van der Waals surface area contributed by atoms with Crippen LogP contribution in [-0.4, -0.2) is 63.7 Å². The van der Waals surface area contributed by atoms with Gasteiger partial charge in [-0.25, -0.2) is 9.78 Å². The third kappa shape index (κ3) is 5.64. The van der Waals surface area contributed by atoms with Crippen LogP contribution in [0.1, 0.15) is 30.5 Å². The minimum atomic E-state index is -0.751. The Labute approximate surface area is 198 Å². The Morgan fingerprint density at radius 2 is 1.76 bits per heavy atom. The van der Waals surface area contributed by atoms with Crippen molar-refractivity contribution in [3.63, 3.8) is 0 Å². The normalized spacial score (nSPS) is 15.2.